The van der Waals surface area contributed by atoms with E-state index < -0.39 is 71.7 Å². The number of Topliss-reactive ketones (excluding diaryl/α,β-unsaturated/α-hetero) is 1. The molecular formula is C22H25F4N3O6. The second-order valence-corrected chi connectivity index (χ2v) is 8.45. The van der Waals surface area contributed by atoms with Crippen molar-refractivity contribution in [1.82, 2.24) is 15.1 Å². The lowest BCUT2D eigenvalue weighted by atomic mass is 9.95. The van der Waals surface area contributed by atoms with Crippen LogP contribution >= 0.6 is 0 Å². The summed E-state index contributed by atoms with van der Waals surface area (Å²) in [5, 5.41) is 11.4. The molecule has 0 aromatic heterocycles. The number of carboxylic acid groups (broad SMARTS) is 1. The number of nitrogens with one attached hydrogen (secondary N) is 1. The van der Waals surface area contributed by atoms with Crippen molar-refractivity contribution in [1.29, 1.82) is 0 Å². The Bertz CT molecular complexity index is 968. The van der Waals surface area contributed by atoms with Crippen LogP contribution in [0.2, 0.25) is 0 Å². The van der Waals surface area contributed by atoms with E-state index in [4.69, 9.17) is 5.11 Å². The topological polar surface area (TPSA) is 116 Å². The van der Waals surface area contributed by atoms with Gasteiger partial charge in [-0.15, -0.1) is 0 Å². The van der Waals surface area contributed by atoms with Crippen LogP contribution in [-0.2, 0) is 14.4 Å². The molecule has 3 amide bonds. The van der Waals surface area contributed by atoms with Crippen LogP contribution in [0.4, 0.5) is 22.4 Å². The maximum Gasteiger partial charge on any atom is 0.319 e. The van der Waals surface area contributed by atoms with Crippen molar-refractivity contribution in [2.75, 3.05) is 32.8 Å². The standard InChI is InChI=1S/C22H25F4N3O6/c23-13-9-14(24)19(26)20(18(13)25)35-11-16(30)15(10-17(31)32)27-21(33)12-3-7-29(8-4-12)22(34)28-5-1-2-6-28/h9,12,15H,1-8,10-11H2,(H,27,33)(H,31,32)/t15-/m0/s1. The predicted octanol–water partition coefficient (Wildman–Crippen LogP) is 2.08. The SMILES string of the molecule is O=C(O)C[C@H](NC(=O)C1CCN(C(=O)N2CCCC2)CC1)C(=O)COc1c(F)c(F)cc(F)c1F. The summed E-state index contributed by atoms with van der Waals surface area (Å²) in [7, 11) is 0. The number of aliphatic carboxylic acids is 1. The summed E-state index contributed by atoms with van der Waals surface area (Å²) in [4.78, 5) is 52.2. The molecule has 2 fully saturated rings. The number of hydrogen-bond acceptors (Lipinski definition) is 5. The van der Waals surface area contributed by atoms with E-state index in [0.29, 0.717) is 39.0 Å². The van der Waals surface area contributed by atoms with Crippen LogP contribution < -0.4 is 10.1 Å². The minimum Gasteiger partial charge on any atom is -0.481 e. The lowest BCUT2D eigenvalue weighted by molar-refractivity contribution is -0.141. The van der Waals surface area contributed by atoms with Crippen LogP contribution in [0, 0.1) is 29.2 Å². The van der Waals surface area contributed by atoms with Gasteiger partial charge in [-0.1, -0.05) is 0 Å². The molecule has 2 aliphatic heterocycles. The number of hydrogen-bond donors (Lipinski definition) is 2. The number of carboxylic acids is 1. The van der Waals surface area contributed by atoms with Crippen molar-refractivity contribution in [3.8, 4) is 5.75 Å². The van der Waals surface area contributed by atoms with Crippen molar-refractivity contribution in [2.45, 2.75) is 38.1 Å². The van der Waals surface area contributed by atoms with Crippen molar-refractivity contribution in [3.63, 3.8) is 0 Å². The van der Waals surface area contributed by atoms with Gasteiger partial charge in [0.05, 0.1) is 6.42 Å². The van der Waals surface area contributed by atoms with Crippen LogP contribution in [0.3, 0.4) is 0 Å². The first-order valence-corrected chi connectivity index (χ1v) is 11.1. The highest BCUT2D eigenvalue weighted by Crippen LogP contribution is 2.26. The summed E-state index contributed by atoms with van der Waals surface area (Å²) in [5.41, 5.74) is 0. The maximum atomic E-state index is 13.7. The van der Waals surface area contributed by atoms with Crippen LogP contribution in [0.1, 0.15) is 32.1 Å². The molecule has 192 valence electrons. The van der Waals surface area contributed by atoms with E-state index in [1.165, 1.54) is 0 Å². The Labute approximate surface area is 198 Å². The molecule has 1 aromatic carbocycles. The summed E-state index contributed by atoms with van der Waals surface area (Å²) < 4.78 is 58.7. The van der Waals surface area contributed by atoms with Crippen molar-refractivity contribution >= 4 is 23.7 Å². The number of urea groups is 1. The van der Waals surface area contributed by atoms with Crippen molar-refractivity contribution in [3.05, 3.63) is 29.3 Å². The Balaban J connectivity index is 1.57. The third-order valence-corrected chi connectivity index (χ3v) is 6.03. The van der Waals surface area contributed by atoms with Crippen LogP contribution in [0.15, 0.2) is 6.07 Å². The molecule has 3 rings (SSSR count). The quantitative estimate of drug-likeness (QED) is 0.415. The summed E-state index contributed by atoms with van der Waals surface area (Å²) in [5.74, 6) is -12.4. The summed E-state index contributed by atoms with van der Waals surface area (Å²) in [6, 6.07) is -1.73. The molecule has 2 N–H and O–H groups in total. The summed E-state index contributed by atoms with van der Waals surface area (Å²) in [6.45, 7) is 0.875. The Morgan fingerprint density at radius 1 is 0.971 bits per heavy atom. The number of piperidine rings is 1. The van der Waals surface area contributed by atoms with E-state index >= 15 is 0 Å². The Morgan fingerprint density at radius 3 is 2.06 bits per heavy atom. The molecule has 0 bridgehead atoms. The molecule has 13 heteroatoms. The molecule has 9 nitrogen and oxygen atoms in total. The van der Waals surface area contributed by atoms with Gasteiger partial charge in [0.2, 0.25) is 17.5 Å². The minimum atomic E-state index is -1.86. The number of nitrogens with zero attached hydrogens (tertiary/aromatic N) is 2. The van der Waals surface area contributed by atoms with Crippen molar-refractivity contribution < 1.29 is 46.6 Å². The van der Waals surface area contributed by atoms with E-state index in [0.717, 1.165) is 12.8 Å². The lowest BCUT2D eigenvalue weighted by Gasteiger charge is -2.34. The Kier molecular flexibility index (Phi) is 8.52. The van der Waals surface area contributed by atoms with Gasteiger partial charge in [0.1, 0.15) is 12.6 Å². The van der Waals surface area contributed by atoms with Gasteiger partial charge >= 0.3 is 12.0 Å². The zero-order valence-electron chi connectivity index (χ0n) is 18.7. The number of rotatable bonds is 8. The zero-order chi connectivity index (χ0) is 25.7. The number of likely N-dealkylation sites (tertiary alicyclic amines) is 2. The van der Waals surface area contributed by atoms with Gasteiger partial charge in [-0.3, -0.25) is 14.4 Å². The smallest absolute Gasteiger partial charge is 0.319 e. The fourth-order valence-electron chi connectivity index (χ4n) is 4.07. The second-order valence-electron chi connectivity index (χ2n) is 8.45. The number of benzene rings is 1. The molecule has 1 aromatic rings. The Morgan fingerprint density at radius 2 is 1.51 bits per heavy atom. The lowest BCUT2D eigenvalue weighted by Crippen LogP contribution is -2.50. The van der Waals surface area contributed by atoms with E-state index in [9.17, 15) is 36.7 Å². The van der Waals surface area contributed by atoms with Gasteiger partial charge in [0.25, 0.3) is 0 Å². The normalized spacial score (nSPS) is 17.3. The first-order valence-electron chi connectivity index (χ1n) is 11.1. The number of amides is 3. The average molecular weight is 503 g/mol. The Hall–Kier alpha value is -3.38. The number of carbonyl (C=O) groups excluding carboxylic acids is 3. The molecule has 0 aliphatic carbocycles. The predicted molar refractivity (Wildman–Crippen MR) is 111 cm³/mol. The zero-order valence-corrected chi connectivity index (χ0v) is 18.7. The summed E-state index contributed by atoms with van der Waals surface area (Å²) >= 11 is 0. The number of carbonyl (C=O) groups is 4. The van der Waals surface area contributed by atoms with E-state index in [-0.39, 0.29) is 12.1 Å². The number of halogens is 4. The van der Waals surface area contributed by atoms with Gasteiger partial charge < -0.3 is 25.0 Å². The molecule has 0 spiro atoms. The summed E-state index contributed by atoms with van der Waals surface area (Å²) in [6.07, 6.45) is 1.65. The van der Waals surface area contributed by atoms with Gasteiger partial charge in [-0.2, -0.15) is 8.78 Å². The molecule has 2 saturated heterocycles. The highest BCUT2D eigenvalue weighted by molar-refractivity contribution is 5.93. The van der Waals surface area contributed by atoms with Crippen LogP contribution in [0.25, 0.3) is 0 Å². The fraction of sp³-hybridized carbons (Fsp3) is 0.545. The number of ether oxygens (including phenoxy) is 1. The van der Waals surface area contributed by atoms with Gasteiger partial charge in [-0.25, -0.2) is 13.6 Å². The van der Waals surface area contributed by atoms with Crippen LogP contribution in [-0.4, -0.2) is 77.4 Å². The number of ketones is 1. The molecular weight excluding hydrogens is 478 g/mol. The monoisotopic (exact) mass is 503 g/mol. The first kappa shape index (κ1) is 26.2. The highest BCUT2D eigenvalue weighted by atomic mass is 19.2. The van der Waals surface area contributed by atoms with Gasteiger partial charge in [-0.05, 0) is 25.7 Å². The average Bonchev–Trinajstić information content (AvgIpc) is 3.36. The minimum absolute atomic E-state index is 0.0309. The molecule has 0 saturated carbocycles. The maximum absolute atomic E-state index is 13.7. The van der Waals surface area contributed by atoms with Gasteiger partial charge in [0, 0.05) is 38.2 Å². The van der Waals surface area contributed by atoms with Gasteiger partial charge in [0.15, 0.2) is 23.2 Å². The molecule has 35 heavy (non-hydrogen) atoms. The largest absolute Gasteiger partial charge is 0.481 e. The second kappa shape index (κ2) is 11.4. The molecule has 2 heterocycles. The van der Waals surface area contributed by atoms with E-state index in [2.05, 4.69) is 10.1 Å². The van der Waals surface area contributed by atoms with Crippen molar-refractivity contribution in [2.24, 2.45) is 5.92 Å². The molecule has 2 aliphatic rings. The van der Waals surface area contributed by atoms with E-state index in [1.54, 1.807) is 9.80 Å². The van der Waals surface area contributed by atoms with E-state index in [1.807, 2.05) is 0 Å². The third-order valence-electron chi connectivity index (χ3n) is 6.03. The fourth-order valence-corrected chi connectivity index (χ4v) is 4.07. The first-order chi connectivity index (χ1) is 16.6. The molecule has 1 atom stereocenters. The highest BCUT2D eigenvalue weighted by Gasteiger charge is 2.33. The third kappa shape index (κ3) is 6.40. The van der Waals surface area contributed by atoms with Crippen LogP contribution in [0.5, 0.6) is 5.75 Å². The molecule has 0 unspecified atom stereocenters. The molecule has 0 radical (unpaired) electrons.